The van der Waals surface area contributed by atoms with Crippen molar-refractivity contribution in [3.05, 3.63) is 29.6 Å². The third kappa shape index (κ3) is 3.19. The summed E-state index contributed by atoms with van der Waals surface area (Å²) in [6.45, 7) is 10.1. The Morgan fingerprint density at radius 3 is 2.75 bits per heavy atom. The summed E-state index contributed by atoms with van der Waals surface area (Å²) < 4.78 is 8.10. The van der Waals surface area contributed by atoms with Crippen molar-refractivity contribution in [3.63, 3.8) is 0 Å². The smallest absolute Gasteiger partial charge is 0.274 e. The number of H-pyrrole nitrogens is 1. The summed E-state index contributed by atoms with van der Waals surface area (Å²) in [6.07, 6.45) is 4.70. The number of aromatic nitrogens is 4. The highest BCUT2D eigenvalue weighted by Crippen LogP contribution is 2.43. The average molecular weight is 387 g/mol. The highest BCUT2D eigenvalue weighted by molar-refractivity contribution is 5.93. The number of piperidine rings is 1. The number of aryl methyl sites for hydroxylation is 1. The van der Waals surface area contributed by atoms with Crippen LogP contribution in [0.2, 0.25) is 0 Å². The Hall–Kier alpha value is -2.35. The number of carbonyl (C=O) groups excluding carboxylic acids is 1. The Kier molecular flexibility index (Phi) is 4.49. The van der Waals surface area contributed by atoms with Gasteiger partial charge in [-0.25, -0.2) is 4.98 Å². The number of fused-ring (bicyclic) bond motifs is 1. The molecule has 8 nitrogen and oxygen atoms in total. The van der Waals surface area contributed by atoms with Gasteiger partial charge in [-0.1, -0.05) is 20.8 Å². The third-order valence-corrected chi connectivity index (χ3v) is 5.84. The lowest BCUT2D eigenvalue weighted by atomic mass is 9.83. The number of nitrogens with one attached hydrogen (secondary N) is 1. The van der Waals surface area contributed by atoms with Crippen molar-refractivity contribution < 1.29 is 14.6 Å². The summed E-state index contributed by atoms with van der Waals surface area (Å²) >= 11 is 0. The minimum Gasteiger partial charge on any atom is -0.483 e. The highest BCUT2D eigenvalue weighted by atomic mass is 16.5. The Labute approximate surface area is 164 Å². The highest BCUT2D eigenvalue weighted by Gasteiger charge is 2.45. The van der Waals surface area contributed by atoms with Gasteiger partial charge in [0.25, 0.3) is 5.91 Å². The molecule has 2 aliphatic heterocycles. The normalized spacial score (nSPS) is 21.5. The van der Waals surface area contributed by atoms with E-state index in [1.807, 2.05) is 18.0 Å². The number of rotatable bonds is 2. The molecule has 2 aromatic heterocycles. The number of hydrogen-bond acceptors (Lipinski definition) is 5. The van der Waals surface area contributed by atoms with Gasteiger partial charge in [-0.3, -0.25) is 9.48 Å². The Balaban J connectivity index is 1.48. The van der Waals surface area contributed by atoms with Gasteiger partial charge < -0.3 is 19.7 Å². The van der Waals surface area contributed by atoms with Gasteiger partial charge in [-0.15, -0.1) is 0 Å². The van der Waals surface area contributed by atoms with E-state index in [2.05, 4.69) is 35.8 Å². The predicted molar refractivity (Wildman–Crippen MR) is 103 cm³/mol. The molecule has 0 aromatic carbocycles. The lowest BCUT2D eigenvalue weighted by Crippen LogP contribution is -2.52. The number of ether oxygens (including phenoxy) is 1. The number of nitrogens with zero attached hydrogens (tertiary/aromatic N) is 4. The molecule has 0 aliphatic carbocycles. The third-order valence-electron chi connectivity index (χ3n) is 5.84. The summed E-state index contributed by atoms with van der Waals surface area (Å²) in [5.74, 6) is 0.625. The number of aliphatic hydroxyl groups excluding tert-OH is 1. The Morgan fingerprint density at radius 1 is 1.39 bits per heavy atom. The summed E-state index contributed by atoms with van der Waals surface area (Å²) in [5.41, 5.74) is 1.37. The second-order valence-corrected chi connectivity index (χ2v) is 8.91. The zero-order valence-electron chi connectivity index (χ0n) is 17.0. The van der Waals surface area contributed by atoms with Crippen molar-refractivity contribution >= 4 is 5.91 Å². The maximum Gasteiger partial charge on any atom is 0.274 e. The number of hydrogen-bond donors (Lipinski definition) is 2. The topological polar surface area (TPSA) is 96.3 Å². The second-order valence-electron chi connectivity index (χ2n) is 8.91. The molecule has 1 spiro atoms. The molecule has 1 saturated heterocycles. The fourth-order valence-electron chi connectivity index (χ4n) is 4.21. The van der Waals surface area contributed by atoms with E-state index in [4.69, 9.17) is 4.74 Å². The minimum atomic E-state index is -0.627. The zero-order chi connectivity index (χ0) is 20.1. The van der Waals surface area contributed by atoms with E-state index in [-0.39, 0.29) is 11.3 Å². The fraction of sp³-hybridized carbons (Fsp3) is 0.650. The molecule has 1 fully saturated rings. The molecule has 0 bridgehead atoms. The molecule has 1 amide bonds. The Morgan fingerprint density at radius 2 is 2.11 bits per heavy atom. The van der Waals surface area contributed by atoms with Crippen molar-refractivity contribution in [2.75, 3.05) is 13.1 Å². The van der Waals surface area contributed by atoms with Crippen molar-refractivity contribution in [1.29, 1.82) is 0 Å². The van der Waals surface area contributed by atoms with Gasteiger partial charge in [0, 0.05) is 44.3 Å². The van der Waals surface area contributed by atoms with Gasteiger partial charge in [0.05, 0.1) is 18.2 Å². The first-order chi connectivity index (χ1) is 13.2. The van der Waals surface area contributed by atoms with Crippen molar-refractivity contribution in [3.8, 4) is 5.75 Å². The van der Waals surface area contributed by atoms with E-state index < -0.39 is 11.7 Å². The molecule has 2 aliphatic rings. The van der Waals surface area contributed by atoms with Crippen LogP contribution in [0.4, 0.5) is 0 Å². The van der Waals surface area contributed by atoms with Gasteiger partial charge in [-0.05, 0) is 6.92 Å². The van der Waals surface area contributed by atoms with Crippen LogP contribution < -0.4 is 4.74 Å². The number of likely N-dealkylation sites (tertiary alicyclic amines) is 1. The van der Waals surface area contributed by atoms with Crippen LogP contribution in [0.3, 0.4) is 0 Å². The van der Waals surface area contributed by atoms with Crippen LogP contribution in [0.5, 0.6) is 5.75 Å². The average Bonchev–Trinajstić information content (AvgIpc) is 3.28. The maximum absolute atomic E-state index is 13.0. The first kappa shape index (κ1) is 19.0. The molecular formula is C20H29N5O3. The number of carbonyl (C=O) groups is 1. The minimum absolute atomic E-state index is 0.0446. The molecule has 0 radical (unpaired) electrons. The van der Waals surface area contributed by atoms with E-state index in [0.29, 0.717) is 49.5 Å². The second kappa shape index (κ2) is 6.62. The molecule has 2 N–H and O–H groups in total. The SMILES string of the molecule is CCn1cc2c(n1)C(O)CC1(CCN(C(=O)c3nc[nH]c3C(C)(C)C)CC1)O2. The summed E-state index contributed by atoms with van der Waals surface area (Å²) in [7, 11) is 0. The molecule has 4 heterocycles. The first-order valence-corrected chi connectivity index (χ1v) is 10.00. The number of amides is 1. The van der Waals surface area contributed by atoms with E-state index in [0.717, 1.165) is 12.2 Å². The van der Waals surface area contributed by atoms with E-state index >= 15 is 0 Å². The summed E-state index contributed by atoms with van der Waals surface area (Å²) in [4.78, 5) is 22.3. The molecule has 152 valence electrons. The van der Waals surface area contributed by atoms with Crippen molar-refractivity contribution in [2.45, 2.75) is 70.6 Å². The maximum atomic E-state index is 13.0. The van der Waals surface area contributed by atoms with Crippen LogP contribution in [-0.2, 0) is 12.0 Å². The van der Waals surface area contributed by atoms with Gasteiger partial charge in [0.2, 0.25) is 0 Å². The molecule has 8 heteroatoms. The van der Waals surface area contributed by atoms with Gasteiger partial charge in [0.15, 0.2) is 5.75 Å². The molecule has 28 heavy (non-hydrogen) atoms. The van der Waals surface area contributed by atoms with E-state index in [9.17, 15) is 9.90 Å². The van der Waals surface area contributed by atoms with Gasteiger partial charge in [0.1, 0.15) is 23.1 Å². The lowest BCUT2D eigenvalue weighted by molar-refractivity contribution is -0.0505. The monoisotopic (exact) mass is 387 g/mol. The molecule has 1 unspecified atom stereocenters. The van der Waals surface area contributed by atoms with Gasteiger partial charge >= 0.3 is 0 Å². The van der Waals surface area contributed by atoms with Crippen LogP contribution in [0.15, 0.2) is 12.5 Å². The fourth-order valence-corrected chi connectivity index (χ4v) is 4.21. The number of imidazole rings is 1. The standard InChI is InChI=1S/C20H29N5O3/c1-5-25-11-14-15(23-25)13(26)10-20(28-14)6-8-24(9-7-20)18(27)16-17(19(2,3)4)22-12-21-16/h11-13,26H,5-10H2,1-4H3,(H,21,22). The molecule has 1 atom stereocenters. The van der Waals surface area contributed by atoms with E-state index in [1.165, 1.54) is 0 Å². The van der Waals surface area contributed by atoms with Crippen molar-refractivity contribution in [2.24, 2.45) is 0 Å². The largest absolute Gasteiger partial charge is 0.483 e. The number of aliphatic hydroxyl groups is 1. The molecule has 4 rings (SSSR count). The van der Waals surface area contributed by atoms with E-state index in [1.54, 1.807) is 11.0 Å². The molecular weight excluding hydrogens is 358 g/mol. The van der Waals surface area contributed by atoms with Crippen LogP contribution >= 0.6 is 0 Å². The van der Waals surface area contributed by atoms with Crippen molar-refractivity contribution in [1.82, 2.24) is 24.6 Å². The zero-order valence-corrected chi connectivity index (χ0v) is 17.0. The quantitative estimate of drug-likeness (QED) is 0.825. The lowest BCUT2D eigenvalue weighted by Gasteiger charge is -2.44. The first-order valence-electron chi connectivity index (χ1n) is 10.00. The van der Waals surface area contributed by atoms with Crippen LogP contribution in [-0.4, -0.2) is 54.4 Å². The van der Waals surface area contributed by atoms with Crippen LogP contribution in [0.25, 0.3) is 0 Å². The Bertz CT molecular complexity index is 871. The molecule has 2 aromatic rings. The molecule has 0 saturated carbocycles. The number of aromatic amines is 1. The van der Waals surface area contributed by atoms with Crippen LogP contribution in [0.1, 0.15) is 74.9 Å². The van der Waals surface area contributed by atoms with Gasteiger partial charge in [-0.2, -0.15) is 5.10 Å². The summed E-state index contributed by atoms with van der Waals surface area (Å²) in [5, 5.41) is 15.0. The van der Waals surface area contributed by atoms with Crippen LogP contribution in [0, 0.1) is 0 Å². The summed E-state index contributed by atoms with van der Waals surface area (Å²) in [6, 6.07) is 0. The predicted octanol–water partition coefficient (Wildman–Crippen LogP) is 2.41.